The second-order valence-electron chi connectivity index (χ2n) is 4.78. The van der Waals surface area contributed by atoms with Crippen LogP contribution in [0.15, 0.2) is 46.0 Å². The Balaban J connectivity index is 1.82. The number of amides is 1. The van der Waals surface area contributed by atoms with Gasteiger partial charge in [-0.05, 0) is 41.4 Å². The molecule has 1 amide bonds. The Morgan fingerprint density at radius 1 is 1.43 bits per heavy atom. The molecule has 6 heteroatoms. The number of halogens is 1. The minimum absolute atomic E-state index is 0.129. The minimum atomic E-state index is -1.05. The lowest BCUT2D eigenvalue weighted by Gasteiger charge is -2.22. The SMILES string of the molecule is CC(O)(CNC(=O)CSc1ccccc1Cl)c1ccsc1. The van der Waals surface area contributed by atoms with E-state index in [0.29, 0.717) is 5.02 Å². The summed E-state index contributed by atoms with van der Waals surface area (Å²) in [6.07, 6.45) is 0. The highest BCUT2D eigenvalue weighted by Crippen LogP contribution is 2.26. The lowest BCUT2D eigenvalue weighted by atomic mass is 9.99. The highest BCUT2D eigenvalue weighted by atomic mass is 35.5. The third-order valence-electron chi connectivity index (χ3n) is 2.97. The molecular formula is C15H16ClNO2S2. The maximum absolute atomic E-state index is 11.9. The van der Waals surface area contributed by atoms with Crippen molar-refractivity contribution < 1.29 is 9.90 Å². The monoisotopic (exact) mass is 341 g/mol. The Hall–Kier alpha value is -1.01. The normalized spacial score (nSPS) is 13.7. The van der Waals surface area contributed by atoms with Crippen molar-refractivity contribution in [3.05, 3.63) is 51.7 Å². The third-order valence-corrected chi connectivity index (χ3v) is 5.17. The van der Waals surface area contributed by atoms with Gasteiger partial charge in [0.25, 0.3) is 0 Å². The van der Waals surface area contributed by atoms with Crippen LogP contribution in [0.3, 0.4) is 0 Å². The second-order valence-corrected chi connectivity index (χ2v) is 6.99. The fourth-order valence-electron chi connectivity index (χ4n) is 1.70. The quantitative estimate of drug-likeness (QED) is 0.790. The average Bonchev–Trinajstić information content (AvgIpc) is 2.99. The van der Waals surface area contributed by atoms with E-state index in [1.165, 1.54) is 23.1 Å². The molecule has 2 N–H and O–H groups in total. The minimum Gasteiger partial charge on any atom is -0.384 e. The molecule has 0 saturated heterocycles. The second kappa shape index (κ2) is 7.31. The van der Waals surface area contributed by atoms with Crippen LogP contribution in [0.1, 0.15) is 12.5 Å². The van der Waals surface area contributed by atoms with Crippen molar-refractivity contribution in [1.82, 2.24) is 5.32 Å². The Labute approximate surface area is 137 Å². The van der Waals surface area contributed by atoms with Gasteiger partial charge in [0.15, 0.2) is 0 Å². The number of aliphatic hydroxyl groups is 1. The number of hydrogen-bond donors (Lipinski definition) is 2. The number of carbonyl (C=O) groups excluding carboxylic acids is 1. The first-order valence-corrected chi connectivity index (χ1v) is 8.69. The van der Waals surface area contributed by atoms with E-state index in [-0.39, 0.29) is 18.2 Å². The largest absolute Gasteiger partial charge is 0.384 e. The molecular weight excluding hydrogens is 326 g/mol. The molecule has 0 radical (unpaired) electrons. The highest BCUT2D eigenvalue weighted by Gasteiger charge is 2.24. The number of thiophene rings is 1. The van der Waals surface area contributed by atoms with Crippen LogP contribution in [-0.2, 0) is 10.4 Å². The predicted molar refractivity (Wildman–Crippen MR) is 89.1 cm³/mol. The Morgan fingerprint density at radius 3 is 2.86 bits per heavy atom. The van der Waals surface area contributed by atoms with Crippen LogP contribution < -0.4 is 5.32 Å². The molecule has 1 unspecified atom stereocenters. The summed E-state index contributed by atoms with van der Waals surface area (Å²) in [5, 5.41) is 17.5. The van der Waals surface area contributed by atoms with Gasteiger partial charge in [0.2, 0.25) is 5.91 Å². The Bertz CT molecular complexity index is 599. The summed E-state index contributed by atoms with van der Waals surface area (Å²) in [5.41, 5.74) is -0.239. The van der Waals surface area contributed by atoms with Crippen LogP contribution in [0.2, 0.25) is 5.02 Å². The molecule has 0 aliphatic rings. The Kier molecular flexibility index (Phi) is 5.70. The van der Waals surface area contributed by atoms with Gasteiger partial charge in [0, 0.05) is 4.90 Å². The third kappa shape index (κ3) is 4.74. The van der Waals surface area contributed by atoms with Gasteiger partial charge in [0.1, 0.15) is 5.60 Å². The van der Waals surface area contributed by atoms with Crippen molar-refractivity contribution in [3.8, 4) is 0 Å². The van der Waals surface area contributed by atoms with Crippen molar-refractivity contribution in [1.29, 1.82) is 0 Å². The first kappa shape index (κ1) is 16.4. The number of nitrogens with one attached hydrogen (secondary N) is 1. The first-order chi connectivity index (χ1) is 9.99. The predicted octanol–water partition coefficient (Wildman–Crippen LogP) is 3.52. The van der Waals surface area contributed by atoms with Gasteiger partial charge in [-0.1, -0.05) is 23.7 Å². The number of benzene rings is 1. The molecule has 112 valence electrons. The van der Waals surface area contributed by atoms with Gasteiger partial charge in [-0.15, -0.1) is 11.8 Å². The van der Waals surface area contributed by atoms with Gasteiger partial charge in [-0.2, -0.15) is 11.3 Å². The lowest BCUT2D eigenvalue weighted by Crippen LogP contribution is -2.39. The molecule has 0 spiro atoms. The van der Waals surface area contributed by atoms with E-state index in [1.807, 2.05) is 35.0 Å². The van der Waals surface area contributed by atoms with E-state index in [2.05, 4.69) is 5.32 Å². The van der Waals surface area contributed by atoms with E-state index in [9.17, 15) is 9.90 Å². The van der Waals surface area contributed by atoms with Gasteiger partial charge in [-0.3, -0.25) is 4.79 Å². The van der Waals surface area contributed by atoms with Gasteiger partial charge >= 0.3 is 0 Å². The average molecular weight is 342 g/mol. The number of hydrogen-bond acceptors (Lipinski definition) is 4. The van der Waals surface area contributed by atoms with Crippen molar-refractivity contribution >= 4 is 40.6 Å². The summed E-state index contributed by atoms with van der Waals surface area (Å²) < 4.78 is 0. The summed E-state index contributed by atoms with van der Waals surface area (Å²) in [6.45, 7) is 1.88. The molecule has 1 atom stereocenters. The fraction of sp³-hybridized carbons (Fsp3) is 0.267. The molecule has 0 aliphatic carbocycles. The smallest absolute Gasteiger partial charge is 0.230 e. The van der Waals surface area contributed by atoms with Crippen LogP contribution in [0.5, 0.6) is 0 Å². The zero-order valence-corrected chi connectivity index (χ0v) is 13.9. The van der Waals surface area contributed by atoms with E-state index >= 15 is 0 Å². The van der Waals surface area contributed by atoms with Crippen molar-refractivity contribution in [2.45, 2.75) is 17.4 Å². The van der Waals surface area contributed by atoms with Crippen LogP contribution in [0, 0.1) is 0 Å². The van der Waals surface area contributed by atoms with Crippen molar-refractivity contribution in [2.75, 3.05) is 12.3 Å². The molecule has 1 heterocycles. The molecule has 2 rings (SSSR count). The number of rotatable bonds is 6. The van der Waals surface area contributed by atoms with Crippen LogP contribution >= 0.6 is 34.7 Å². The number of thioether (sulfide) groups is 1. The molecule has 0 aliphatic heterocycles. The number of carbonyl (C=O) groups is 1. The zero-order valence-electron chi connectivity index (χ0n) is 11.5. The fourth-order valence-corrected chi connectivity index (χ4v) is 3.55. The van der Waals surface area contributed by atoms with Crippen LogP contribution in [-0.4, -0.2) is 23.3 Å². The molecule has 1 aromatic carbocycles. The van der Waals surface area contributed by atoms with Crippen molar-refractivity contribution in [2.24, 2.45) is 0 Å². The molecule has 2 aromatic rings. The molecule has 0 bridgehead atoms. The molecule has 1 aromatic heterocycles. The van der Waals surface area contributed by atoms with E-state index in [4.69, 9.17) is 11.6 Å². The maximum Gasteiger partial charge on any atom is 0.230 e. The van der Waals surface area contributed by atoms with E-state index in [0.717, 1.165) is 10.5 Å². The molecule has 0 saturated carbocycles. The van der Waals surface area contributed by atoms with Crippen LogP contribution in [0.4, 0.5) is 0 Å². The Morgan fingerprint density at radius 2 is 2.19 bits per heavy atom. The van der Waals surface area contributed by atoms with E-state index in [1.54, 1.807) is 13.0 Å². The van der Waals surface area contributed by atoms with E-state index < -0.39 is 5.60 Å². The zero-order chi connectivity index (χ0) is 15.3. The van der Waals surface area contributed by atoms with Gasteiger partial charge < -0.3 is 10.4 Å². The summed E-state index contributed by atoms with van der Waals surface area (Å²) in [5.74, 6) is 0.138. The highest BCUT2D eigenvalue weighted by molar-refractivity contribution is 8.00. The topological polar surface area (TPSA) is 49.3 Å². The lowest BCUT2D eigenvalue weighted by molar-refractivity contribution is -0.119. The molecule has 0 fully saturated rings. The molecule has 21 heavy (non-hydrogen) atoms. The van der Waals surface area contributed by atoms with Crippen LogP contribution in [0.25, 0.3) is 0 Å². The maximum atomic E-state index is 11.9. The summed E-state index contributed by atoms with van der Waals surface area (Å²) in [7, 11) is 0. The summed E-state index contributed by atoms with van der Waals surface area (Å²) >= 11 is 8.93. The van der Waals surface area contributed by atoms with Gasteiger partial charge in [-0.25, -0.2) is 0 Å². The standard InChI is InChI=1S/C15H16ClNO2S2/c1-15(19,11-6-7-20-8-11)10-17-14(18)9-21-13-5-3-2-4-12(13)16/h2-8,19H,9-10H2,1H3,(H,17,18). The van der Waals surface area contributed by atoms with Gasteiger partial charge in [0.05, 0.1) is 17.3 Å². The van der Waals surface area contributed by atoms with Crippen molar-refractivity contribution in [3.63, 3.8) is 0 Å². The summed E-state index contributed by atoms with van der Waals surface area (Å²) in [4.78, 5) is 12.7. The summed E-state index contributed by atoms with van der Waals surface area (Å²) in [6, 6.07) is 9.26. The first-order valence-electron chi connectivity index (χ1n) is 6.38. The molecule has 3 nitrogen and oxygen atoms in total.